The van der Waals surface area contributed by atoms with Crippen molar-refractivity contribution in [2.24, 2.45) is 0 Å². The van der Waals surface area contributed by atoms with Gasteiger partial charge in [-0.25, -0.2) is 4.79 Å². The van der Waals surface area contributed by atoms with Crippen LogP contribution in [0.4, 0.5) is 4.79 Å². The number of aromatic nitrogens is 1. The van der Waals surface area contributed by atoms with Gasteiger partial charge in [0.25, 0.3) is 0 Å². The summed E-state index contributed by atoms with van der Waals surface area (Å²) in [6.07, 6.45) is 5.27. The molecule has 0 bridgehead atoms. The summed E-state index contributed by atoms with van der Waals surface area (Å²) in [4.78, 5) is 18.2. The zero-order valence-electron chi connectivity index (χ0n) is 13.1. The minimum absolute atomic E-state index is 0.216. The van der Waals surface area contributed by atoms with Crippen LogP contribution in [0.5, 0.6) is 0 Å². The van der Waals surface area contributed by atoms with E-state index in [-0.39, 0.29) is 12.1 Å². The first-order chi connectivity index (χ1) is 9.92. The minimum Gasteiger partial charge on any atom is -0.444 e. The summed E-state index contributed by atoms with van der Waals surface area (Å²) in [6.45, 7) is 8.56. The molecule has 0 aromatic carbocycles. The van der Waals surface area contributed by atoms with Gasteiger partial charge in [-0.1, -0.05) is 0 Å². The van der Waals surface area contributed by atoms with Gasteiger partial charge in [0, 0.05) is 38.1 Å². The zero-order valence-corrected chi connectivity index (χ0v) is 13.1. The van der Waals surface area contributed by atoms with Crippen molar-refractivity contribution in [3.8, 4) is 0 Å². The Balaban J connectivity index is 1.72. The van der Waals surface area contributed by atoms with Crippen molar-refractivity contribution in [1.82, 2.24) is 15.2 Å². The molecule has 1 aromatic heterocycles. The molecule has 0 radical (unpaired) electrons. The summed E-state index contributed by atoms with van der Waals surface area (Å²) < 4.78 is 5.29. The van der Waals surface area contributed by atoms with E-state index in [4.69, 9.17) is 4.74 Å². The molecule has 1 amide bonds. The molecule has 0 atom stereocenters. The smallest absolute Gasteiger partial charge is 0.407 e. The predicted molar refractivity (Wildman–Crippen MR) is 81.9 cm³/mol. The molecular formula is C16H25N3O2. The van der Waals surface area contributed by atoms with Crippen LogP contribution in [0.15, 0.2) is 24.5 Å². The molecule has 0 saturated carbocycles. The molecule has 0 unspecified atom stereocenters. The Morgan fingerprint density at radius 3 is 2.52 bits per heavy atom. The first kappa shape index (κ1) is 15.8. The summed E-state index contributed by atoms with van der Waals surface area (Å²) in [5, 5.41) is 2.96. The lowest BCUT2D eigenvalue weighted by atomic mass is 10.0. The monoisotopic (exact) mass is 291 g/mol. The summed E-state index contributed by atoms with van der Waals surface area (Å²) in [6, 6.07) is 4.31. The molecule has 1 fully saturated rings. The van der Waals surface area contributed by atoms with Crippen LogP contribution < -0.4 is 5.32 Å². The molecule has 1 aliphatic rings. The van der Waals surface area contributed by atoms with E-state index in [1.807, 2.05) is 45.3 Å². The van der Waals surface area contributed by atoms with Gasteiger partial charge in [-0.2, -0.15) is 0 Å². The van der Waals surface area contributed by atoms with E-state index >= 15 is 0 Å². The number of amides is 1. The maximum absolute atomic E-state index is 11.7. The lowest BCUT2D eigenvalue weighted by Crippen LogP contribution is -2.45. The number of nitrogens with zero attached hydrogens (tertiary/aromatic N) is 2. The molecule has 0 spiro atoms. The number of carbonyl (C=O) groups is 1. The highest BCUT2D eigenvalue weighted by atomic mass is 16.6. The number of pyridine rings is 1. The summed E-state index contributed by atoms with van der Waals surface area (Å²) >= 11 is 0. The Kier molecular flexibility index (Phi) is 5.17. The molecule has 5 nitrogen and oxygen atoms in total. The minimum atomic E-state index is -0.438. The number of rotatable bonds is 3. The summed E-state index contributed by atoms with van der Waals surface area (Å²) in [5.41, 5.74) is 0.843. The molecule has 2 rings (SSSR count). The van der Waals surface area contributed by atoms with Crippen molar-refractivity contribution in [1.29, 1.82) is 0 Å². The number of ether oxygens (including phenoxy) is 1. The quantitative estimate of drug-likeness (QED) is 0.930. The van der Waals surface area contributed by atoms with Gasteiger partial charge in [0.15, 0.2) is 0 Å². The van der Waals surface area contributed by atoms with E-state index in [2.05, 4.69) is 15.2 Å². The van der Waals surface area contributed by atoms with Crippen LogP contribution in [0.25, 0.3) is 0 Å². The lowest BCUT2D eigenvalue weighted by molar-refractivity contribution is 0.0477. The number of alkyl carbamates (subject to hydrolysis) is 1. The molecule has 1 saturated heterocycles. The van der Waals surface area contributed by atoms with Crippen LogP contribution in [0.2, 0.25) is 0 Å². The second kappa shape index (κ2) is 6.89. The molecule has 0 aliphatic carbocycles. The molecule has 2 heterocycles. The number of hydrogen-bond acceptors (Lipinski definition) is 4. The molecule has 116 valence electrons. The van der Waals surface area contributed by atoms with Crippen molar-refractivity contribution in [3.63, 3.8) is 0 Å². The van der Waals surface area contributed by atoms with Crippen LogP contribution in [0.1, 0.15) is 39.2 Å². The van der Waals surface area contributed by atoms with Gasteiger partial charge in [-0.15, -0.1) is 0 Å². The number of carbonyl (C=O) groups excluding carboxylic acids is 1. The van der Waals surface area contributed by atoms with Crippen LogP contribution in [0.3, 0.4) is 0 Å². The van der Waals surface area contributed by atoms with E-state index in [1.165, 1.54) is 5.56 Å². The second-order valence-corrected chi connectivity index (χ2v) is 6.55. The van der Waals surface area contributed by atoms with E-state index in [0.29, 0.717) is 0 Å². The van der Waals surface area contributed by atoms with Crippen molar-refractivity contribution >= 4 is 6.09 Å². The summed E-state index contributed by atoms with van der Waals surface area (Å²) in [7, 11) is 0. The SMILES string of the molecule is CC(C)(C)OC(=O)NC1CCN(Cc2ccncc2)CC1. The maximum Gasteiger partial charge on any atom is 0.407 e. The van der Waals surface area contributed by atoms with Crippen LogP contribution >= 0.6 is 0 Å². The van der Waals surface area contributed by atoms with Crippen LogP contribution in [-0.2, 0) is 11.3 Å². The molecule has 1 aromatic rings. The fourth-order valence-electron chi connectivity index (χ4n) is 2.46. The Bertz CT molecular complexity index is 448. The second-order valence-electron chi connectivity index (χ2n) is 6.55. The Labute approximate surface area is 126 Å². The normalized spacial score (nSPS) is 17.5. The highest BCUT2D eigenvalue weighted by molar-refractivity contribution is 5.68. The van der Waals surface area contributed by atoms with Gasteiger partial charge in [0.1, 0.15) is 5.60 Å². The number of likely N-dealkylation sites (tertiary alicyclic amines) is 1. The highest BCUT2D eigenvalue weighted by Gasteiger charge is 2.23. The third-order valence-electron chi connectivity index (χ3n) is 3.46. The van der Waals surface area contributed by atoms with E-state index in [1.54, 1.807) is 0 Å². The van der Waals surface area contributed by atoms with Crippen molar-refractivity contribution in [3.05, 3.63) is 30.1 Å². The third kappa shape index (κ3) is 5.71. The van der Waals surface area contributed by atoms with Gasteiger partial charge in [0.2, 0.25) is 0 Å². The first-order valence-corrected chi connectivity index (χ1v) is 7.53. The Hall–Kier alpha value is -1.62. The lowest BCUT2D eigenvalue weighted by Gasteiger charge is -2.32. The van der Waals surface area contributed by atoms with Gasteiger partial charge < -0.3 is 10.1 Å². The van der Waals surface area contributed by atoms with Gasteiger partial charge in [-0.3, -0.25) is 9.88 Å². The van der Waals surface area contributed by atoms with E-state index in [9.17, 15) is 4.79 Å². The highest BCUT2D eigenvalue weighted by Crippen LogP contribution is 2.14. The van der Waals surface area contributed by atoms with E-state index in [0.717, 1.165) is 32.5 Å². The summed E-state index contributed by atoms with van der Waals surface area (Å²) in [5.74, 6) is 0. The fourth-order valence-corrected chi connectivity index (χ4v) is 2.46. The van der Waals surface area contributed by atoms with Crippen molar-refractivity contribution < 1.29 is 9.53 Å². The number of piperidine rings is 1. The van der Waals surface area contributed by atoms with Gasteiger partial charge >= 0.3 is 6.09 Å². The van der Waals surface area contributed by atoms with Crippen molar-refractivity contribution in [2.75, 3.05) is 13.1 Å². The average Bonchev–Trinajstić information content (AvgIpc) is 2.40. The first-order valence-electron chi connectivity index (χ1n) is 7.53. The molecule has 1 aliphatic heterocycles. The third-order valence-corrected chi connectivity index (χ3v) is 3.46. The van der Waals surface area contributed by atoms with Gasteiger partial charge in [0.05, 0.1) is 0 Å². The molecular weight excluding hydrogens is 266 g/mol. The van der Waals surface area contributed by atoms with E-state index < -0.39 is 5.60 Å². The standard InChI is InChI=1S/C16H25N3O2/c1-16(2,3)21-15(20)18-14-6-10-19(11-7-14)12-13-4-8-17-9-5-13/h4-5,8-9,14H,6-7,10-12H2,1-3H3,(H,18,20). The topological polar surface area (TPSA) is 54.5 Å². The van der Waals surface area contributed by atoms with Gasteiger partial charge in [-0.05, 0) is 51.3 Å². The molecule has 21 heavy (non-hydrogen) atoms. The largest absolute Gasteiger partial charge is 0.444 e. The average molecular weight is 291 g/mol. The zero-order chi connectivity index (χ0) is 15.3. The van der Waals surface area contributed by atoms with Crippen molar-refractivity contribution in [2.45, 2.75) is 51.8 Å². The van der Waals surface area contributed by atoms with Crippen LogP contribution in [-0.4, -0.2) is 40.7 Å². The Morgan fingerprint density at radius 2 is 1.95 bits per heavy atom. The van der Waals surface area contributed by atoms with Crippen LogP contribution in [0, 0.1) is 0 Å². The maximum atomic E-state index is 11.7. The predicted octanol–water partition coefficient (Wildman–Crippen LogP) is 2.57. The number of nitrogens with one attached hydrogen (secondary N) is 1. The Morgan fingerprint density at radius 1 is 1.33 bits per heavy atom. The number of hydrogen-bond donors (Lipinski definition) is 1. The fraction of sp³-hybridized carbons (Fsp3) is 0.625. The molecule has 1 N–H and O–H groups in total. The molecule has 5 heteroatoms.